The monoisotopic (exact) mass is 330 g/mol. The molecule has 0 aromatic heterocycles. The maximum atomic E-state index is 12.7. The minimum absolute atomic E-state index is 0.0395. The fourth-order valence-corrected chi connectivity index (χ4v) is 4.01. The Hall–Kier alpha value is -1.88. The van der Waals surface area contributed by atoms with Crippen LogP contribution in [0.4, 0.5) is 0 Å². The number of benzene rings is 1. The number of rotatable bonds is 4. The maximum Gasteiger partial charge on any atom is 0.248 e. The van der Waals surface area contributed by atoms with Crippen molar-refractivity contribution >= 4 is 11.8 Å². The number of methoxy groups -OCH3 is 1. The number of amides is 2. The van der Waals surface area contributed by atoms with Crippen molar-refractivity contribution < 1.29 is 14.3 Å². The third-order valence-electron chi connectivity index (χ3n) is 5.16. The Morgan fingerprint density at radius 2 is 1.96 bits per heavy atom. The fraction of sp³-hybridized carbons (Fsp3) is 0.579. The fourth-order valence-electron chi connectivity index (χ4n) is 4.01. The molecule has 24 heavy (non-hydrogen) atoms. The Kier molecular flexibility index (Phi) is 5.51. The summed E-state index contributed by atoms with van der Waals surface area (Å²) in [5.74, 6) is 0.257. The highest BCUT2D eigenvalue weighted by atomic mass is 16.5. The van der Waals surface area contributed by atoms with Crippen LogP contribution in [0.3, 0.4) is 0 Å². The molecule has 2 saturated heterocycles. The summed E-state index contributed by atoms with van der Waals surface area (Å²) in [6.07, 6.45) is 4.35. The normalized spacial score (nSPS) is 24.5. The highest BCUT2D eigenvalue weighted by Crippen LogP contribution is 2.31. The van der Waals surface area contributed by atoms with Gasteiger partial charge in [0, 0.05) is 26.6 Å². The van der Waals surface area contributed by atoms with E-state index < -0.39 is 0 Å². The first kappa shape index (κ1) is 17.0. The molecule has 2 aliphatic heterocycles. The minimum Gasteiger partial charge on any atom is -0.375 e. The second-order valence-electron chi connectivity index (χ2n) is 6.70. The van der Waals surface area contributed by atoms with Crippen molar-refractivity contribution in [1.29, 1.82) is 0 Å². The summed E-state index contributed by atoms with van der Waals surface area (Å²) in [6.45, 7) is 1.47. The summed E-state index contributed by atoms with van der Waals surface area (Å²) in [4.78, 5) is 29.0. The number of carbonyl (C=O) groups excluding carboxylic acids is 2. The summed E-state index contributed by atoms with van der Waals surface area (Å²) in [7, 11) is 1.55. The predicted molar refractivity (Wildman–Crippen MR) is 91.2 cm³/mol. The van der Waals surface area contributed by atoms with Crippen LogP contribution >= 0.6 is 0 Å². The van der Waals surface area contributed by atoms with Gasteiger partial charge in [-0.2, -0.15) is 0 Å². The van der Waals surface area contributed by atoms with E-state index in [4.69, 9.17) is 4.74 Å². The summed E-state index contributed by atoms with van der Waals surface area (Å²) in [5, 5.41) is 0. The first-order chi connectivity index (χ1) is 11.7. The number of hydrogen-bond donors (Lipinski definition) is 0. The second-order valence-corrected chi connectivity index (χ2v) is 6.70. The Morgan fingerprint density at radius 3 is 2.71 bits per heavy atom. The van der Waals surface area contributed by atoms with Crippen molar-refractivity contribution in [2.45, 2.75) is 50.7 Å². The Labute approximate surface area is 143 Å². The average Bonchev–Trinajstić information content (AvgIpc) is 2.99. The molecule has 2 fully saturated rings. The third kappa shape index (κ3) is 3.61. The largest absolute Gasteiger partial charge is 0.375 e. The lowest BCUT2D eigenvalue weighted by Gasteiger charge is -2.37. The summed E-state index contributed by atoms with van der Waals surface area (Å²) < 4.78 is 5.02. The molecule has 5 nitrogen and oxygen atoms in total. The molecule has 2 amide bonds. The van der Waals surface area contributed by atoms with Crippen LogP contribution in [-0.4, -0.2) is 54.0 Å². The minimum atomic E-state index is 0.0395. The molecule has 3 rings (SSSR count). The topological polar surface area (TPSA) is 49.9 Å². The molecule has 0 spiro atoms. The van der Waals surface area contributed by atoms with Crippen molar-refractivity contribution in [2.24, 2.45) is 0 Å². The molecule has 0 saturated carbocycles. The highest BCUT2D eigenvalue weighted by molar-refractivity contribution is 5.79. The van der Waals surface area contributed by atoms with Crippen LogP contribution in [0.15, 0.2) is 30.3 Å². The lowest BCUT2D eigenvalue weighted by atomic mass is 9.96. The SMILES string of the molecule is COCC(=O)N1CC[C@H]2[C@H]1CCCCC(=O)N2Cc1ccccc1. The molecule has 0 radical (unpaired) electrons. The lowest BCUT2D eigenvalue weighted by Crippen LogP contribution is -2.50. The van der Waals surface area contributed by atoms with Gasteiger partial charge < -0.3 is 14.5 Å². The number of likely N-dealkylation sites (tertiary alicyclic amines) is 2. The number of nitrogens with zero attached hydrogens (tertiary/aromatic N) is 2. The van der Waals surface area contributed by atoms with Gasteiger partial charge in [-0.05, 0) is 24.8 Å². The molecule has 0 N–H and O–H groups in total. The van der Waals surface area contributed by atoms with E-state index in [2.05, 4.69) is 12.1 Å². The van der Waals surface area contributed by atoms with E-state index in [0.29, 0.717) is 13.0 Å². The van der Waals surface area contributed by atoms with Gasteiger partial charge in [0.15, 0.2) is 0 Å². The maximum absolute atomic E-state index is 12.7. The standard InChI is InChI=1S/C19H26N2O3/c1-24-14-19(23)20-12-11-17-16(20)9-5-6-10-18(22)21(17)13-15-7-3-2-4-8-15/h2-4,7-8,16-17H,5-6,9-14H2,1H3/t16-,17+/m1/s1. The lowest BCUT2D eigenvalue weighted by molar-refractivity contribution is -0.141. The molecule has 1 aromatic carbocycles. The third-order valence-corrected chi connectivity index (χ3v) is 5.16. The second kappa shape index (κ2) is 7.79. The van der Waals surface area contributed by atoms with E-state index >= 15 is 0 Å². The molecular weight excluding hydrogens is 304 g/mol. The molecule has 5 heteroatoms. The molecule has 130 valence electrons. The van der Waals surface area contributed by atoms with Crippen LogP contribution in [0, 0.1) is 0 Å². The zero-order valence-electron chi connectivity index (χ0n) is 14.3. The van der Waals surface area contributed by atoms with Crippen molar-refractivity contribution in [3.63, 3.8) is 0 Å². The van der Waals surface area contributed by atoms with Gasteiger partial charge >= 0.3 is 0 Å². The number of hydrogen-bond acceptors (Lipinski definition) is 3. The first-order valence-corrected chi connectivity index (χ1v) is 8.82. The van der Waals surface area contributed by atoms with Gasteiger partial charge in [0.1, 0.15) is 6.61 Å². The molecule has 2 heterocycles. The van der Waals surface area contributed by atoms with Crippen LogP contribution in [0.5, 0.6) is 0 Å². The molecule has 1 aromatic rings. The first-order valence-electron chi connectivity index (χ1n) is 8.82. The van der Waals surface area contributed by atoms with Crippen molar-refractivity contribution in [2.75, 3.05) is 20.3 Å². The Morgan fingerprint density at radius 1 is 1.17 bits per heavy atom. The van der Waals surface area contributed by atoms with E-state index in [-0.39, 0.29) is 30.5 Å². The van der Waals surface area contributed by atoms with Crippen molar-refractivity contribution in [1.82, 2.24) is 9.80 Å². The van der Waals surface area contributed by atoms with Gasteiger partial charge in [-0.1, -0.05) is 36.8 Å². The van der Waals surface area contributed by atoms with Crippen molar-refractivity contribution in [3.8, 4) is 0 Å². The Balaban J connectivity index is 1.80. The van der Waals surface area contributed by atoms with E-state index in [0.717, 1.165) is 37.8 Å². The quantitative estimate of drug-likeness (QED) is 0.850. The van der Waals surface area contributed by atoms with E-state index in [1.165, 1.54) is 0 Å². The summed E-state index contributed by atoms with van der Waals surface area (Å²) in [6, 6.07) is 10.4. The average molecular weight is 330 g/mol. The van der Waals surface area contributed by atoms with Gasteiger partial charge in [-0.3, -0.25) is 9.59 Å². The highest BCUT2D eigenvalue weighted by Gasteiger charge is 2.41. The smallest absolute Gasteiger partial charge is 0.248 e. The summed E-state index contributed by atoms with van der Waals surface area (Å²) >= 11 is 0. The molecule has 0 unspecified atom stereocenters. The van der Waals surface area contributed by atoms with Crippen LogP contribution in [0.1, 0.15) is 37.7 Å². The number of ether oxygens (including phenoxy) is 1. The van der Waals surface area contributed by atoms with Crippen molar-refractivity contribution in [3.05, 3.63) is 35.9 Å². The van der Waals surface area contributed by atoms with Gasteiger partial charge in [0.05, 0.1) is 12.1 Å². The van der Waals surface area contributed by atoms with E-state index in [1.807, 2.05) is 28.0 Å². The van der Waals surface area contributed by atoms with Crippen LogP contribution < -0.4 is 0 Å². The summed E-state index contributed by atoms with van der Waals surface area (Å²) in [5.41, 5.74) is 1.15. The molecule has 2 atom stereocenters. The van der Waals surface area contributed by atoms with Crippen LogP contribution in [0.25, 0.3) is 0 Å². The number of carbonyl (C=O) groups is 2. The predicted octanol–water partition coefficient (Wildman–Crippen LogP) is 2.21. The van der Waals surface area contributed by atoms with Crippen LogP contribution in [-0.2, 0) is 20.9 Å². The zero-order valence-corrected chi connectivity index (χ0v) is 14.3. The molecular formula is C19H26N2O3. The molecule has 0 aliphatic carbocycles. The van der Waals surface area contributed by atoms with E-state index in [1.54, 1.807) is 7.11 Å². The van der Waals surface area contributed by atoms with Gasteiger partial charge in [0.25, 0.3) is 0 Å². The zero-order chi connectivity index (χ0) is 16.9. The Bertz CT molecular complexity index is 575. The van der Waals surface area contributed by atoms with Gasteiger partial charge in [-0.15, -0.1) is 0 Å². The van der Waals surface area contributed by atoms with E-state index in [9.17, 15) is 9.59 Å². The van der Waals surface area contributed by atoms with Gasteiger partial charge in [-0.25, -0.2) is 0 Å². The molecule has 2 aliphatic rings. The van der Waals surface area contributed by atoms with Crippen LogP contribution in [0.2, 0.25) is 0 Å². The molecule has 0 bridgehead atoms. The number of fused-ring (bicyclic) bond motifs is 1. The van der Waals surface area contributed by atoms with Gasteiger partial charge in [0.2, 0.25) is 11.8 Å².